The van der Waals surface area contributed by atoms with E-state index in [-0.39, 0.29) is 5.16 Å². The van der Waals surface area contributed by atoms with Crippen molar-refractivity contribution in [2.75, 3.05) is 19.9 Å². The molecule has 0 saturated heterocycles. The maximum atomic E-state index is 11.4. The molecule has 0 bridgehead atoms. The minimum Gasteiger partial charge on any atom is -0.329 e. The molecular weight excluding hydrogens is 133 g/mol. The zero-order valence-electron chi connectivity index (χ0n) is 6.05. The van der Waals surface area contributed by atoms with Crippen molar-refractivity contribution >= 4 is 7.14 Å². The Bertz CT molecular complexity index is 156. The summed E-state index contributed by atoms with van der Waals surface area (Å²) < 4.78 is 11.4. The molecule has 1 aliphatic carbocycles. The molecule has 9 heavy (non-hydrogen) atoms. The Hall–Kier alpha value is 0.190. The van der Waals surface area contributed by atoms with E-state index in [2.05, 4.69) is 0 Å². The molecule has 1 aliphatic rings. The molecule has 0 aromatic rings. The third-order valence-corrected chi connectivity index (χ3v) is 5.26. The van der Waals surface area contributed by atoms with Gasteiger partial charge in [0.05, 0.1) is 7.14 Å². The van der Waals surface area contributed by atoms with Crippen molar-refractivity contribution in [2.24, 2.45) is 5.73 Å². The van der Waals surface area contributed by atoms with E-state index in [1.54, 1.807) is 0 Å². The largest absolute Gasteiger partial charge is 0.329 e. The standard InChI is InChI=1S/C6H14NOP/c1-9(2,8)6(5-7)3-4-6/h3-5,7H2,1-2H3. The van der Waals surface area contributed by atoms with Crippen LogP contribution >= 0.6 is 7.14 Å². The van der Waals surface area contributed by atoms with Gasteiger partial charge in [-0.2, -0.15) is 0 Å². The quantitative estimate of drug-likeness (QED) is 0.594. The van der Waals surface area contributed by atoms with Crippen LogP contribution in [0.25, 0.3) is 0 Å². The minimum atomic E-state index is -1.88. The van der Waals surface area contributed by atoms with Crippen LogP contribution in [-0.2, 0) is 4.57 Å². The first kappa shape index (κ1) is 7.30. The number of hydrogen-bond acceptors (Lipinski definition) is 2. The molecule has 0 aliphatic heterocycles. The fourth-order valence-electron chi connectivity index (χ4n) is 1.11. The van der Waals surface area contributed by atoms with Gasteiger partial charge in [-0.15, -0.1) is 0 Å². The molecule has 0 aromatic heterocycles. The van der Waals surface area contributed by atoms with Crippen LogP contribution in [0.15, 0.2) is 0 Å². The summed E-state index contributed by atoms with van der Waals surface area (Å²) in [7, 11) is -1.88. The average molecular weight is 147 g/mol. The first-order valence-corrected chi connectivity index (χ1v) is 5.87. The van der Waals surface area contributed by atoms with Crippen LogP contribution < -0.4 is 5.73 Å². The zero-order chi connectivity index (χ0) is 7.12. The Labute approximate surface area is 56.2 Å². The first-order chi connectivity index (χ1) is 4.02. The van der Waals surface area contributed by atoms with Gasteiger partial charge >= 0.3 is 0 Å². The summed E-state index contributed by atoms with van der Waals surface area (Å²) in [5.41, 5.74) is 5.48. The van der Waals surface area contributed by atoms with Crippen molar-refractivity contribution in [3.05, 3.63) is 0 Å². The van der Waals surface area contributed by atoms with Crippen LogP contribution in [0.5, 0.6) is 0 Å². The van der Waals surface area contributed by atoms with E-state index in [0.29, 0.717) is 6.54 Å². The molecule has 3 heteroatoms. The molecule has 54 valence electrons. The molecule has 0 unspecified atom stereocenters. The summed E-state index contributed by atoms with van der Waals surface area (Å²) in [5, 5.41) is 0.0625. The second kappa shape index (κ2) is 1.83. The van der Waals surface area contributed by atoms with E-state index in [4.69, 9.17) is 5.73 Å². The average Bonchev–Trinajstić information content (AvgIpc) is 2.40. The van der Waals surface area contributed by atoms with Crippen molar-refractivity contribution in [1.82, 2.24) is 0 Å². The van der Waals surface area contributed by atoms with Gasteiger partial charge in [-0.05, 0) is 26.2 Å². The predicted molar refractivity (Wildman–Crippen MR) is 40.5 cm³/mol. The van der Waals surface area contributed by atoms with Gasteiger partial charge in [0.2, 0.25) is 0 Å². The molecule has 0 atom stereocenters. The van der Waals surface area contributed by atoms with Crippen LogP contribution in [0.4, 0.5) is 0 Å². The molecule has 1 rings (SSSR count). The molecule has 0 heterocycles. The Morgan fingerprint density at radius 2 is 2.00 bits per heavy atom. The van der Waals surface area contributed by atoms with Crippen LogP contribution in [-0.4, -0.2) is 25.0 Å². The Balaban J connectivity index is 2.72. The monoisotopic (exact) mass is 147 g/mol. The van der Waals surface area contributed by atoms with Gasteiger partial charge in [0, 0.05) is 11.7 Å². The van der Waals surface area contributed by atoms with Gasteiger partial charge in [0.15, 0.2) is 0 Å². The highest BCUT2D eigenvalue weighted by molar-refractivity contribution is 7.64. The van der Waals surface area contributed by atoms with Crippen LogP contribution in [0.3, 0.4) is 0 Å². The highest BCUT2D eigenvalue weighted by atomic mass is 31.2. The van der Waals surface area contributed by atoms with Crippen molar-refractivity contribution < 1.29 is 4.57 Å². The summed E-state index contributed by atoms with van der Waals surface area (Å²) in [6.07, 6.45) is 2.15. The number of nitrogens with two attached hydrogens (primary N) is 1. The Morgan fingerprint density at radius 1 is 1.56 bits per heavy atom. The molecule has 0 radical (unpaired) electrons. The second-order valence-corrected chi connectivity index (χ2v) is 6.93. The summed E-state index contributed by atoms with van der Waals surface area (Å²) in [6, 6.07) is 0. The van der Waals surface area contributed by atoms with Gasteiger partial charge in [-0.3, -0.25) is 0 Å². The third-order valence-electron chi connectivity index (χ3n) is 2.35. The second-order valence-electron chi connectivity index (χ2n) is 3.28. The summed E-state index contributed by atoms with van der Waals surface area (Å²) >= 11 is 0. The smallest absolute Gasteiger partial charge is 0.0889 e. The van der Waals surface area contributed by atoms with E-state index >= 15 is 0 Å². The summed E-state index contributed by atoms with van der Waals surface area (Å²) in [4.78, 5) is 0. The Kier molecular flexibility index (Phi) is 1.49. The highest BCUT2D eigenvalue weighted by Gasteiger charge is 2.50. The fraction of sp³-hybridized carbons (Fsp3) is 1.00. The van der Waals surface area contributed by atoms with Crippen LogP contribution in [0, 0.1) is 0 Å². The molecule has 0 amide bonds. The molecule has 0 spiro atoms. The number of hydrogen-bond donors (Lipinski definition) is 1. The molecule has 1 fully saturated rings. The summed E-state index contributed by atoms with van der Waals surface area (Å²) in [5.74, 6) is 0. The topological polar surface area (TPSA) is 43.1 Å². The lowest BCUT2D eigenvalue weighted by molar-refractivity contribution is 0.570. The minimum absolute atomic E-state index is 0.0625. The lowest BCUT2D eigenvalue weighted by Gasteiger charge is -2.16. The lowest BCUT2D eigenvalue weighted by atomic mass is 10.4. The van der Waals surface area contributed by atoms with E-state index in [9.17, 15) is 4.57 Å². The molecule has 1 saturated carbocycles. The summed E-state index contributed by atoms with van der Waals surface area (Å²) in [6.45, 7) is 4.29. The van der Waals surface area contributed by atoms with E-state index in [1.165, 1.54) is 0 Å². The number of rotatable bonds is 2. The van der Waals surface area contributed by atoms with Crippen molar-refractivity contribution in [1.29, 1.82) is 0 Å². The van der Waals surface area contributed by atoms with Crippen LogP contribution in [0.2, 0.25) is 0 Å². The SMILES string of the molecule is CP(C)(=O)C1(CN)CC1. The van der Waals surface area contributed by atoms with Gasteiger partial charge in [-0.1, -0.05) is 0 Å². The van der Waals surface area contributed by atoms with Gasteiger partial charge in [0.25, 0.3) is 0 Å². The highest BCUT2D eigenvalue weighted by Crippen LogP contribution is 2.64. The molecule has 0 aromatic carbocycles. The normalized spacial score (nSPS) is 23.9. The van der Waals surface area contributed by atoms with Crippen molar-refractivity contribution in [3.63, 3.8) is 0 Å². The molecule has 2 N–H and O–H groups in total. The van der Waals surface area contributed by atoms with Crippen LogP contribution in [0.1, 0.15) is 12.8 Å². The molecular formula is C6H14NOP. The van der Waals surface area contributed by atoms with Gasteiger partial charge < -0.3 is 10.3 Å². The fourth-order valence-corrected chi connectivity index (χ4v) is 2.74. The third kappa shape index (κ3) is 1.06. The first-order valence-electron chi connectivity index (χ1n) is 3.27. The lowest BCUT2D eigenvalue weighted by Crippen LogP contribution is -2.21. The maximum absolute atomic E-state index is 11.4. The van der Waals surface area contributed by atoms with E-state index in [0.717, 1.165) is 12.8 Å². The predicted octanol–water partition coefficient (Wildman–Crippen LogP) is 1.10. The van der Waals surface area contributed by atoms with E-state index in [1.807, 2.05) is 13.3 Å². The Morgan fingerprint density at radius 3 is 2.00 bits per heavy atom. The van der Waals surface area contributed by atoms with E-state index < -0.39 is 7.14 Å². The zero-order valence-corrected chi connectivity index (χ0v) is 6.95. The van der Waals surface area contributed by atoms with Gasteiger partial charge in [-0.25, -0.2) is 0 Å². The molecule has 2 nitrogen and oxygen atoms in total. The van der Waals surface area contributed by atoms with Crippen molar-refractivity contribution in [2.45, 2.75) is 18.0 Å². The van der Waals surface area contributed by atoms with Gasteiger partial charge in [0.1, 0.15) is 0 Å². The maximum Gasteiger partial charge on any atom is 0.0889 e. The van der Waals surface area contributed by atoms with Crippen molar-refractivity contribution in [3.8, 4) is 0 Å².